The second-order valence-corrected chi connectivity index (χ2v) is 7.27. The molecule has 0 N–H and O–H groups in total. The number of carbonyl (C=O) groups is 2. The number of piperazine rings is 1. The average Bonchev–Trinajstić information content (AvgIpc) is 2.72. The zero-order chi connectivity index (χ0) is 21.0. The minimum atomic E-state index is -2.94. The summed E-state index contributed by atoms with van der Waals surface area (Å²) in [7, 11) is 0. The van der Waals surface area contributed by atoms with Crippen LogP contribution in [-0.4, -0.2) is 54.4 Å². The molecule has 2 amide bonds. The van der Waals surface area contributed by atoms with E-state index in [0.717, 1.165) is 0 Å². The van der Waals surface area contributed by atoms with E-state index < -0.39 is 6.61 Å². The number of carbonyl (C=O) groups excluding carboxylic acids is 2. The van der Waals surface area contributed by atoms with Crippen LogP contribution in [0.1, 0.15) is 46.0 Å². The van der Waals surface area contributed by atoms with Crippen molar-refractivity contribution in [3.05, 3.63) is 65.2 Å². The smallest absolute Gasteiger partial charge is 0.387 e. The van der Waals surface area contributed by atoms with Crippen molar-refractivity contribution in [2.24, 2.45) is 0 Å². The Balaban J connectivity index is 1.60. The minimum absolute atomic E-state index is 0.0514. The molecule has 7 heteroatoms. The van der Waals surface area contributed by atoms with Crippen LogP contribution in [0, 0.1) is 0 Å². The number of rotatable bonds is 5. The Bertz CT molecular complexity index is 861. The maximum atomic E-state index is 12.7. The lowest BCUT2D eigenvalue weighted by Gasteiger charge is -2.35. The molecule has 0 radical (unpaired) electrons. The number of nitrogens with zero attached hydrogens (tertiary/aromatic N) is 2. The molecule has 1 aliphatic heterocycles. The number of ether oxygens (including phenoxy) is 1. The summed E-state index contributed by atoms with van der Waals surface area (Å²) in [6.07, 6.45) is 0. The summed E-state index contributed by atoms with van der Waals surface area (Å²) < 4.78 is 29.1. The Hall–Kier alpha value is -2.96. The maximum absolute atomic E-state index is 12.7. The van der Waals surface area contributed by atoms with Crippen LogP contribution >= 0.6 is 0 Å². The van der Waals surface area contributed by atoms with Crippen LogP contribution in [0.25, 0.3) is 0 Å². The van der Waals surface area contributed by atoms with Gasteiger partial charge in [-0.1, -0.05) is 32.0 Å². The fourth-order valence-corrected chi connectivity index (χ4v) is 3.29. The highest BCUT2D eigenvalue weighted by molar-refractivity contribution is 5.96. The van der Waals surface area contributed by atoms with Crippen molar-refractivity contribution in [3.8, 4) is 5.75 Å². The molecule has 0 saturated carbocycles. The molecule has 1 fully saturated rings. The highest BCUT2D eigenvalue weighted by Gasteiger charge is 2.26. The van der Waals surface area contributed by atoms with Gasteiger partial charge >= 0.3 is 6.61 Å². The van der Waals surface area contributed by atoms with Gasteiger partial charge in [-0.2, -0.15) is 8.78 Å². The molecule has 0 aromatic heterocycles. The SMILES string of the molecule is CC(C)c1ccc(C(=O)N2CCN(C(=O)c3cccc(OC(F)F)c3)CC2)cc1. The van der Waals surface area contributed by atoms with E-state index in [2.05, 4.69) is 18.6 Å². The Kier molecular flexibility index (Phi) is 6.46. The summed E-state index contributed by atoms with van der Waals surface area (Å²) in [5.74, 6) is 0.0284. The van der Waals surface area contributed by atoms with Gasteiger partial charge in [-0.3, -0.25) is 9.59 Å². The molecule has 2 aromatic carbocycles. The first-order valence-corrected chi connectivity index (χ1v) is 9.58. The summed E-state index contributed by atoms with van der Waals surface area (Å²) >= 11 is 0. The van der Waals surface area contributed by atoms with Gasteiger partial charge in [0.2, 0.25) is 0 Å². The lowest BCUT2D eigenvalue weighted by atomic mass is 10.0. The molecular formula is C22H24F2N2O3. The molecule has 1 aliphatic rings. The highest BCUT2D eigenvalue weighted by atomic mass is 19.3. The summed E-state index contributed by atoms with van der Waals surface area (Å²) in [4.78, 5) is 28.7. The van der Waals surface area contributed by atoms with Gasteiger partial charge in [0.1, 0.15) is 5.75 Å². The molecule has 0 unspecified atom stereocenters. The Morgan fingerprint density at radius 2 is 1.41 bits per heavy atom. The van der Waals surface area contributed by atoms with Gasteiger partial charge in [0, 0.05) is 37.3 Å². The van der Waals surface area contributed by atoms with Crippen LogP contribution < -0.4 is 4.74 Å². The maximum Gasteiger partial charge on any atom is 0.387 e. The molecule has 5 nitrogen and oxygen atoms in total. The average molecular weight is 402 g/mol. The van der Waals surface area contributed by atoms with Gasteiger partial charge in [0.05, 0.1) is 0 Å². The Labute approximate surface area is 168 Å². The van der Waals surface area contributed by atoms with E-state index in [9.17, 15) is 18.4 Å². The lowest BCUT2D eigenvalue weighted by Crippen LogP contribution is -2.50. The van der Waals surface area contributed by atoms with Crippen LogP contribution in [0.3, 0.4) is 0 Å². The van der Waals surface area contributed by atoms with Crippen molar-refractivity contribution in [1.82, 2.24) is 9.80 Å². The number of halogens is 2. The van der Waals surface area contributed by atoms with Gasteiger partial charge in [-0.05, 0) is 41.8 Å². The van der Waals surface area contributed by atoms with Crippen molar-refractivity contribution < 1.29 is 23.1 Å². The van der Waals surface area contributed by atoms with Crippen molar-refractivity contribution in [3.63, 3.8) is 0 Å². The van der Waals surface area contributed by atoms with Crippen LogP contribution in [-0.2, 0) is 0 Å². The molecular weight excluding hydrogens is 378 g/mol. The van der Waals surface area contributed by atoms with Gasteiger partial charge in [-0.15, -0.1) is 0 Å². The van der Waals surface area contributed by atoms with Crippen LogP contribution in [0.4, 0.5) is 8.78 Å². The molecule has 1 saturated heterocycles. The molecule has 154 valence electrons. The molecule has 2 aromatic rings. The van der Waals surface area contributed by atoms with E-state index >= 15 is 0 Å². The largest absolute Gasteiger partial charge is 0.435 e. The fourth-order valence-electron chi connectivity index (χ4n) is 3.29. The van der Waals surface area contributed by atoms with E-state index in [1.165, 1.54) is 23.8 Å². The monoisotopic (exact) mass is 402 g/mol. The van der Waals surface area contributed by atoms with Gasteiger partial charge in [0.25, 0.3) is 11.8 Å². The van der Waals surface area contributed by atoms with Gasteiger partial charge in [0.15, 0.2) is 0 Å². The van der Waals surface area contributed by atoms with Crippen molar-refractivity contribution in [1.29, 1.82) is 0 Å². The van der Waals surface area contributed by atoms with Crippen molar-refractivity contribution in [2.45, 2.75) is 26.4 Å². The number of hydrogen-bond donors (Lipinski definition) is 0. The summed E-state index contributed by atoms with van der Waals surface area (Å²) in [6, 6.07) is 13.4. The lowest BCUT2D eigenvalue weighted by molar-refractivity contribution is -0.0499. The van der Waals surface area contributed by atoms with Crippen LogP contribution in [0.15, 0.2) is 48.5 Å². The molecule has 29 heavy (non-hydrogen) atoms. The number of alkyl halides is 2. The first-order valence-electron chi connectivity index (χ1n) is 9.58. The third kappa shape index (κ3) is 5.10. The number of amides is 2. The van der Waals surface area contributed by atoms with E-state index in [1.54, 1.807) is 15.9 Å². The Morgan fingerprint density at radius 1 is 0.862 bits per heavy atom. The van der Waals surface area contributed by atoms with Crippen molar-refractivity contribution in [2.75, 3.05) is 26.2 Å². The standard InChI is InChI=1S/C22H24F2N2O3/c1-15(2)16-6-8-17(9-7-16)20(27)25-10-12-26(13-11-25)21(28)18-4-3-5-19(14-18)29-22(23)24/h3-9,14-15,22H,10-13H2,1-2H3. The minimum Gasteiger partial charge on any atom is -0.435 e. The summed E-state index contributed by atoms with van der Waals surface area (Å²) in [5.41, 5.74) is 2.09. The summed E-state index contributed by atoms with van der Waals surface area (Å²) in [6.45, 7) is 2.87. The van der Waals surface area contributed by atoms with Gasteiger partial charge in [-0.25, -0.2) is 0 Å². The predicted molar refractivity (Wildman–Crippen MR) is 105 cm³/mol. The molecule has 0 bridgehead atoms. The third-order valence-electron chi connectivity index (χ3n) is 4.98. The number of benzene rings is 2. The molecule has 1 heterocycles. The highest BCUT2D eigenvalue weighted by Crippen LogP contribution is 2.19. The third-order valence-corrected chi connectivity index (χ3v) is 4.98. The quantitative estimate of drug-likeness (QED) is 0.759. The Morgan fingerprint density at radius 3 is 1.93 bits per heavy atom. The molecule has 0 spiro atoms. The predicted octanol–water partition coefficient (Wildman–Crippen LogP) is 4.01. The van der Waals surface area contributed by atoms with Crippen LogP contribution in [0.2, 0.25) is 0 Å². The topological polar surface area (TPSA) is 49.9 Å². The van der Waals surface area contributed by atoms with Crippen molar-refractivity contribution >= 4 is 11.8 Å². The molecule has 0 atom stereocenters. The van der Waals surface area contributed by atoms with E-state index in [1.807, 2.05) is 24.3 Å². The zero-order valence-corrected chi connectivity index (χ0v) is 16.5. The van der Waals surface area contributed by atoms with E-state index in [4.69, 9.17) is 0 Å². The van der Waals surface area contributed by atoms with Crippen LogP contribution in [0.5, 0.6) is 5.75 Å². The van der Waals surface area contributed by atoms with E-state index in [0.29, 0.717) is 37.7 Å². The fraction of sp³-hybridized carbons (Fsp3) is 0.364. The normalized spacial score (nSPS) is 14.4. The van der Waals surface area contributed by atoms with Gasteiger partial charge < -0.3 is 14.5 Å². The first kappa shape index (κ1) is 20.8. The molecule has 0 aliphatic carbocycles. The first-order chi connectivity index (χ1) is 13.8. The zero-order valence-electron chi connectivity index (χ0n) is 16.5. The summed E-state index contributed by atoms with van der Waals surface area (Å²) in [5, 5.41) is 0. The van der Waals surface area contributed by atoms with E-state index in [-0.39, 0.29) is 23.1 Å². The molecule has 3 rings (SSSR count). The second kappa shape index (κ2) is 9.03. The second-order valence-electron chi connectivity index (χ2n) is 7.27. The number of hydrogen-bond acceptors (Lipinski definition) is 3.